The van der Waals surface area contributed by atoms with Gasteiger partial charge in [0.15, 0.2) is 0 Å². The van der Waals surface area contributed by atoms with Gasteiger partial charge in [0.25, 0.3) is 0 Å². The topological polar surface area (TPSA) is 65.3 Å². The summed E-state index contributed by atoms with van der Waals surface area (Å²) >= 11 is 5.87. The fourth-order valence-electron chi connectivity index (χ4n) is 1.21. The summed E-state index contributed by atoms with van der Waals surface area (Å²) in [7, 11) is 0. The minimum absolute atomic E-state index is 0.0145. The highest BCUT2D eigenvalue weighted by Crippen LogP contribution is 2.22. The second kappa shape index (κ2) is 7.07. The van der Waals surface area contributed by atoms with E-state index in [-0.39, 0.29) is 6.61 Å². The number of ether oxygens (including phenoxy) is 1. The van der Waals surface area contributed by atoms with Gasteiger partial charge in [0.2, 0.25) is 0 Å². The first-order valence-corrected chi connectivity index (χ1v) is 5.28. The van der Waals surface area contributed by atoms with Crippen molar-refractivity contribution in [2.75, 3.05) is 31.7 Å². The van der Waals surface area contributed by atoms with Crippen LogP contribution in [0, 0.1) is 11.3 Å². The van der Waals surface area contributed by atoms with Crippen LogP contribution in [0.25, 0.3) is 0 Å². The second-order valence-corrected chi connectivity index (χ2v) is 3.44. The number of anilines is 1. The van der Waals surface area contributed by atoms with Crippen LogP contribution in [0.2, 0.25) is 5.02 Å². The molecule has 0 radical (unpaired) electrons. The van der Waals surface area contributed by atoms with Gasteiger partial charge in [-0.05, 0) is 12.1 Å². The minimum Gasteiger partial charge on any atom is -0.394 e. The zero-order chi connectivity index (χ0) is 11.8. The molecular formula is C11H13ClN2O2. The Kier molecular flexibility index (Phi) is 5.65. The van der Waals surface area contributed by atoms with Gasteiger partial charge in [0.1, 0.15) is 6.07 Å². The van der Waals surface area contributed by atoms with Crippen molar-refractivity contribution in [2.45, 2.75) is 0 Å². The van der Waals surface area contributed by atoms with E-state index in [4.69, 9.17) is 26.7 Å². The maximum absolute atomic E-state index is 8.90. The summed E-state index contributed by atoms with van der Waals surface area (Å²) in [6.07, 6.45) is 0. The SMILES string of the molecule is N#Cc1c(Cl)cccc1NCCOCCO. The summed E-state index contributed by atoms with van der Waals surface area (Å²) in [5, 5.41) is 20.9. The summed E-state index contributed by atoms with van der Waals surface area (Å²) in [5.41, 5.74) is 1.13. The largest absolute Gasteiger partial charge is 0.394 e. The highest BCUT2D eigenvalue weighted by Gasteiger charge is 2.04. The molecule has 1 aromatic rings. The Morgan fingerprint density at radius 1 is 1.44 bits per heavy atom. The Hall–Kier alpha value is -1.28. The number of nitriles is 1. The van der Waals surface area contributed by atoms with E-state index in [0.29, 0.717) is 36.0 Å². The summed E-state index contributed by atoms with van der Waals surface area (Å²) < 4.78 is 5.08. The van der Waals surface area contributed by atoms with Gasteiger partial charge in [-0.15, -0.1) is 0 Å². The number of aliphatic hydroxyl groups excluding tert-OH is 1. The quantitative estimate of drug-likeness (QED) is 0.742. The molecule has 0 aliphatic rings. The van der Waals surface area contributed by atoms with E-state index in [1.807, 2.05) is 6.07 Å². The highest BCUT2D eigenvalue weighted by atomic mass is 35.5. The molecule has 16 heavy (non-hydrogen) atoms. The summed E-state index contributed by atoms with van der Waals surface area (Å²) in [5.74, 6) is 0. The molecule has 0 spiro atoms. The number of hydrogen-bond donors (Lipinski definition) is 2. The Labute approximate surface area is 99.4 Å². The van der Waals surface area contributed by atoms with Crippen molar-refractivity contribution in [1.82, 2.24) is 0 Å². The average molecular weight is 241 g/mol. The number of nitrogens with one attached hydrogen (secondary N) is 1. The molecule has 0 saturated heterocycles. The lowest BCUT2D eigenvalue weighted by Crippen LogP contribution is -2.12. The lowest BCUT2D eigenvalue weighted by molar-refractivity contribution is 0.0992. The fraction of sp³-hybridized carbons (Fsp3) is 0.364. The molecule has 0 bridgehead atoms. The monoisotopic (exact) mass is 240 g/mol. The van der Waals surface area contributed by atoms with Gasteiger partial charge in [0, 0.05) is 6.54 Å². The molecular weight excluding hydrogens is 228 g/mol. The molecule has 4 nitrogen and oxygen atoms in total. The Bertz CT molecular complexity index is 377. The van der Waals surface area contributed by atoms with Crippen LogP contribution in [0.4, 0.5) is 5.69 Å². The summed E-state index contributed by atoms with van der Waals surface area (Å²) in [6, 6.07) is 7.28. The number of hydrogen-bond acceptors (Lipinski definition) is 4. The normalized spacial score (nSPS) is 9.81. The van der Waals surface area contributed by atoms with E-state index in [2.05, 4.69) is 5.32 Å². The Balaban J connectivity index is 2.48. The van der Waals surface area contributed by atoms with E-state index < -0.39 is 0 Å². The van der Waals surface area contributed by atoms with Crippen molar-refractivity contribution < 1.29 is 9.84 Å². The first-order valence-electron chi connectivity index (χ1n) is 4.90. The molecule has 0 aliphatic heterocycles. The molecule has 0 aliphatic carbocycles. The molecule has 1 rings (SSSR count). The van der Waals surface area contributed by atoms with Crippen LogP contribution in [-0.4, -0.2) is 31.5 Å². The summed E-state index contributed by atoms with van der Waals surface area (Å²) in [6.45, 7) is 1.37. The molecule has 0 heterocycles. The predicted molar refractivity (Wildman–Crippen MR) is 62.6 cm³/mol. The van der Waals surface area contributed by atoms with Crippen LogP contribution >= 0.6 is 11.6 Å². The van der Waals surface area contributed by atoms with Gasteiger partial charge in [-0.2, -0.15) is 5.26 Å². The van der Waals surface area contributed by atoms with Crippen LogP contribution in [-0.2, 0) is 4.74 Å². The van der Waals surface area contributed by atoms with E-state index in [9.17, 15) is 0 Å². The highest BCUT2D eigenvalue weighted by molar-refractivity contribution is 6.32. The number of rotatable bonds is 6. The van der Waals surface area contributed by atoms with Crippen LogP contribution < -0.4 is 5.32 Å². The molecule has 86 valence electrons. The second-order valence-electron chi connectivity index (χ2n) is 3.04. The molecule has 0 fully saturated rings. The van der Waals surface area contributed by atoms with Gasteiger partial charge in [0.05, 0.1) is 36.1 Å². The predicted octanol–water partition coefficient (Wildman–Crippen LogP) is 1.63. The van der Waals surface area contributed by atoms with Crippen molar-refractivity contribution in [1.29, 1.82) is 5.26 Å². The molecule has 2 N–H and O–H groups in total. The molecule has 0 saturated carbocycles. The van der Waals surface area contributed by atoms with Crippen molar-refractivity contribution >= 4 is 17.3 Å². The van der Waals surface area contributed by atoms with Crippen LogP contribution in [0.5, 0.6) is 0 Å². The van der Waals surface area contributed by atoms with Crippen LogP contribution in [0.3, 0.4) is 0 Å². The third-order valence-corrected chi connectivity index (χ3v) is 2.24. The van der Waals surface area contributed by atoms with Crippen molar-refractivity contribution in [2.24, 2.45) is 0 Å². The van der Waals surface area contributed by atoms with Crippen molar-refractivity contribution in [3.8, 4) is 6.07 Å². The lowest BCUT2D eigenvalue weighted by atomic mass is 10.2. The van der Waals surface area contributed by atoms with Crippen LogP contribution in [0.15, 0.2) is 18.2 Å². The maximum atomic E-state index is 8.90. The Morgan fingerprint density at radius 2 is 2.25 bits per heavy atom. The third kappa shape index (κ3) is 3.70. The molecule has 0 unspecified atom stereocenters. The lowest BCUT2D eigenvalue weighted by Gasteiger charge is -2.08. The number of aliphatic hydroxyl groups is 1. The smallest absolute Gasteiger partial charge is 0.103 e. The van der Waals surface area contributed by atoms with Gasteiger partial charge in [-0.1, -0.05) is 17.7 Å². The van der Waals surface area contributed by atoms with E-state index in [1.54, 1.807) is 18.2 Å². The Morgan fingerprint density at radius 3 is 2.94 bits per heavy atom. The zero-order valence-corrected chi connectivity index (χ0v) is 9.50. The average Bonchev–Trinajstić information content (AvgIpc) is 2.29. The molecule has 0 aromatic heterocycles. The number of nitrogens with zero attached hydrogens (tertiary/aromatic N) is 1. The zero-order valence-electron chi connectivity index (χ0n) is 8.74. The number of halogens is 1. The van der Waals surface area contributed by atoms with E-state index in [1.165, 1.54) is 0 Å². The van der Waals surface area contributed by atoms with Gasteiger partial charge >= 0.3 is 0 Å². The van der Waals surface area contributed by atoms with Crippen molar-refractivity contribution in [3.63, 3.8) is 0 Å². The molecule has 5 heteroatoms. The van der Waals surface area contributed by atoms with Crippen molar-refractivity contribution in [3.05, 3.63) is 28.8 Å². The summed E-state index contributed by atoms with van der Waals surface area (Å²) in [4.78, 5) is 0. The van der Waals surface area contributed by atoms with Gasteiger partial charge < -0.3 is 15.2 Å². The number of benzene rings is 1. The fourth-order valence-corrected chi connectivity index (χ4v) is 1.43. The van der Waals surface area contributed by atoms with Gasteiger partial charge in [-0.25, -0.2) is 0 Å². The minimum atomic E-state index is 0.0145. The van der Waals surface area contributed by atoms with E-state index in [0.717, 1.165) is 0 Å². The third-order valence-electron chi connectivity index (χ3n) is 1.92. The van der Waals surface area contributed by atoms with Crippen LogP contribution in [0.1, 0.15) is 5.56 Å². The first-order chi connectivity index (χ1) is 7.79. The first kappa shape index (κ1) is 12.8. The van der Waals surface area contributed by atoms with E-state index >= 15 is 0 Å². The standard InChI is InChI=1S/C11H13ClN2O2/c12-10-2-1-3-11(9(10)8-13)14-4-6-16-7-5-15/h1-3,14-15H,4-7H2. The molecule has 0 amide bonds. The molecule has 1 aromatic carbocycles. The maximum Gasteiger partial charge on any atom is 0.103 e. The van der Waals surface area contributed by atoms with Gasteiger partial charge in [-0.3, -0.25) is 0 Å². The molecule has 0 atom stereocenters.